The minimum atomic E-state index is -0.393. The van der Waals surface area contributed by atoms with Gasteiger partial charge in [-0.1, -0.05) is 38.1 Å². The molecule has 3 aromatic rings. The lowest BCUT2D eigenvalue weighted by Crippen LogP contribution is -2.45. The zero-order valence-corrected chi connectivity index (χ0v) is 32.4. The van der Waals surface area contributed by atoms with Gasteiger partial charge in [0.15, 0.2) is 12.8 Å². The standard InChI is InChI=1S/C22H28N4O3.C13H16N2O.C5H14N.CH4/c1-23-14-13-21(27)24(15-16-26(2,3)4)20-8-6-5-7-19(20)22(23)17-9-11-18(12-10-17)25(28)29;1-3-6-15-8-11-7-10(2)4-5-12(11)14-13(16)9-15;1-5-6(2,3)4;/h5-12H,13-16H2,1-4H3;4-5,7-8H,3,6,9H2,1-2H3;5H2,1-4H3;1H4/q+2;;+1;/p+1. The van der Waals surface area contributed by atoms with Gasteiger partial charge in [-0.2, -0.15) is 0 Å². The number of quaternary nitrogens is 2. The van der Waals surface area contributed by atoms with Crippen LogP contribution in [0.2, 0.25) is 0 Å². The van der Waals surface area contributed by atoms with Gasteiger partial charge in [0, 0.05) is 24.1 Å². The number of likely N-dealkylation sites (N-methyl/N-ethyl adjacent to an activating group) is 1. The Labute approximate surface area is 311 Å². The molecule has 5 rings (SSSR count). The van der Waals surface area contributed by atoms with E-state index in [1.807, 2.05) is 48.3 Å². The smallest absolute Gasteiger partial charge is 0.289 e. The number of benzodiazepines with no additional fused rings is 1. The van der Waals surface area contributed by atoms with Crippen LogP contribution in [-0.2, 0) is 9.59 Å². The van der Waals surface area contributed by atoms with Crippen LogP contribution in [0.5, 0.6) is 0 Å². The molecule has 2 amide bonds. The lowest BCUT2D eigenvalue weighted by Gasteiger charge is -2.31. The van der Waals surface area contributed by atoms with Crippen molar-refractivity contribution in [3.63, 3.8) is 0 Å². The van der Waals surface area contributed by atoms with Crippen molar-refractivity contribution in [3.8, 4) is 0 Å². The maximum atomic E-state index is 13.0. The quantitative estimate of drug-likeness (QED) is 0.141. The highest BCUT2D eigenvalue weighted by Crippen LogP contribution is 2.27. The van der Waals surface area contributed by atoms with E-state index >= 15 is 0 Å². The number of benzene rings is 3. The first-order chi connectivity index (χ1) is 23.9. The zero-order valence-electron chi connectivity index (χ0n) is 32.4. The van der Waals surface area contributed by atoms with E-state index in [0.29, 0.717) is 26.1 Å². The number of carbonyl (C=O) groups is 2. The SMILES string of the molecule is C.CCC[N+]1=Cc2cc(C)ccc2NC(=O)C1.CC[N+](C)(C)C.C[N+]1=C(c2ccc([N+](=O)[O-])cc2)c2ccccc2N(CC[N+](C)(C)C)C(=O)CC1. The number of rotatable bonds is 8. The number of anilines is 2. The number of nitrogens with zero attached hydrogens (tertiary/aromatic N) is 6. The van der Waals surface area contributed by atoms with Crippen LogP contribution in [0.25, 0.3) is 0 Å². The van der Waals surface area contributed by atoms with Gasteiger partial charge in [-0.05, 0) is 50.2 Å². The number of hydrogen-bond acceptors (Lipinski definition) is 4. The molecule has 0 fully saturated rings. The van der Waals surface area contributed by atoms with Crippen LogP contribution in [-0.4, -0.2) is 135 Å². The van der Waals surface area contributed by atoms with Crippen molar-refractivity contribution in [2.24, 2.45) is 0 Å². The van der Waals surface area contributed by atoms with E-state index in [2.05, 4.69) is 89.8 Å². The van der Waals surface area contributed by atoms with Crippen molar-refractivity contribution in [2.75, 3.05) is 98.8 Å². The molecule has 2 heterocycles. The average molecular weight is 718 g/mol. The van der Waals surface area contributed by atoms with Crippen LogP contribution in [0, 0.1) is 17.0 Å². The minimum absolute atomic E-state index is 0. The Morgan fingerprint density at radius 2 is 1.56 bits per heavy atom. The molecular formula is C41H63N7O4+4. The fourth-order valence-electron chi connectivity index (χ4n) is 5.47. The third-order valence-corrected chi connectivity index (χ3v) is 8.75. The van der Waals surface area contributed by atoms with Crippen LogP contribution in [0.4, 0.5) is 17.1 Å². The monoisotopic (exact) mass is 717 g/mol. The zero-order chi connectivity index (χ0) is 37.9. The summed E-state index contributed by atoms with van der Waals surface area (Å²) >= 11 is 0. The summed E-state index contributed by atoms with van der Waals surface area (Å²) in [7, 11) is 14.8. The highest BCUT2D eigenvalue weighted by molar-refractivity contribution is 6.15. The second-order valence-electron chi connectivity index (χ2n) is 15.2. The second-order valence-corrected chi connectivity index (χ2v) is 15.2. The summed E-state index contributed by atoms with van der Waals surface area (Å²) in [5.41, 5.74) is 6.99. The number of nitrogens with one attached hydrogen (secondary N) is 1. The van der Waals surface area contributed by atoms with Gasteiger partial charge in [0.25, 0.3) is 11.6 Å². The molecule has 0 saturated carbocycles. The summed E-state index contributed by atoms with van der Waals surface area (Å²) in [6.07, 6.45) is 3.53. The molecule has 52 heavy (non-hydrogen) atoms. The molecule has 0 saturated heterocycles. The summed E-state index contributed by atoms with van der Waals surface area (Å²) < 4.78 is 5.97. The number of nitro groups is 1. The summed E-state index contributed by atoms with van der Waals surface area (Å²) in [6.45, 7) is 11.0. The van der Waals surface area contributed by atoms with Crippen molar-refractivity contribution in [1.29, 1.82) is 0 Å². The third kappa shape index (κ3) is 13.1. The van der Waals surface area contributed by atoms with Gasteiger partial charge >= 0.3 is 0 Å². The first-order valence-corrected chi connectivity index (χ1v) is 17.8. The number of non-ortho nitro benzene ring substituents is 1. The molecule has 2 aliphatic heterocycles. The Morgan fingerprint density at radius 1 is 0.923 bits per heavy atom. The van der Waals surface area contributed by atoms with Gasteiger partial charge in [-0.25, -0.2) is 9.15 Å². The minimum Gasteiger partial charge on any atom is -0.331 e. The third-order valence-electron chi connectivity index (χ3n) is 8.75. The molecule has 11 nitrogen and oxygen atoms in total. The molecular weight excluding hydrogens is 654 g/mol. The maximum absolute atomic E-state index is 13.0. The number of hydrogen-bond donors (Lipinski definition) is 1. The van der Waals surface area contributed by atoms with E-state index in [1.165, 1.54) is 24.2 Å². The average Bonchev–Trinajstić information content (AvgIpc) is 3.21. The number of nitro benzene ring substituents is 1. The van der Waals surface area contributed by atoms with E-state index in [9.17, 15) is 19.7 Å². The Bertz CT molecular complexity index is 1750. The van der Waals surface area contributed by atoms with Crippen LogP contribution in [0.3, 0.4) is 0 Å². The Morgan fingerprint density at radius 3 is 2.13 bits per heavy atom. The molecule has 2 aliphatic rings. The second kappa shape index (κ2) is 19.2. The first-order valence-electron chi connectivity index (χ1n) is 17.8. The van der Waals surface area contributed by atoms with E-state index in [0.717, 1.165) is 62.3 Å². The fraction of sp³-hybridized carbons (Fsp3) is 0.463. The lowest BCUT2D eigenvalue weighted by atomic mass is 9.97. The Balaban J connectivity index is 0.000000341. The van der Waals surface area contributed by atoms with Gasteiger partial charge in [0.2, 0.25) is 18.2 Å². The summed E-state index contributed by atoms with van der Waals surface area (Å²) in [5, 5.41) is 14.0. The predicted octanol–water partition coefficient (Wildman–Crippen LogP) is 5.65. The Kier molecular flexibility index (Phi) is 16.0. The van der Waals surface area contributed by atoms with Crippen molar-refractivity contribution in [1.82, 2.24) is 0 Å². The van der Waals surface area contributed by atoms with Crippen LogP contribution < -0.4 is 10.2 Å². The summed E-state index contributed by atoms with van der Waals surface area (Å²) in [4.78, 5) is 37.1. The van der Waals surface area contributed by atoms with Crippen molar-refractivity contribution < 1.29 is 32.6 Å². The largest absolute Gasteiger partial charge is 0.331 e. The normalized spacial score (nSPS) is 14.3. The van der Waals surface area contributed by atoms with Crippen LogP contribution in [0.15, 0.2) is 66.7 Å². The maximum Gasteiger partial charge on any atom is 0.289 e. The van der Waals surface area contributed by atoms with E-state index in [4.69, 9.17) is 0 Å². The van der Waals surface area contributed by atoms with Gasteiger partial charge < -0.3 is 19.2 Å². The molecule has 0 unspecified atom stereocenters. The van der Waals surface area contributed by atoms with E-state index < -0.39 is 4.92 Å². The van der Waals surface area contributed by atoms with E-state index in [1.54, 1.807) is 12.1 Å². The highest BCUT2D eigenvalue weighted by atomic mass is 16.6. The molecule has 0 bridgehead atoms. The highest BCUT2D eigenvalue weighted by Gasteiger charge is 2.30. The molecule has 0 atom stereocenters. The van der Waals surface area contributed by atoms with Crippen molar-refractivity contribution >= 4 is 40.8 Å². The first kappa shape index (κ1) is 43.4. The molecule has 11 heteroatoms. The van der Waals surface area contributed by atoms with Crippen molar-refractivity contribution in [2.45, 2.75) is 41.0 Å². The molecule has 282 valence electrons. The number of amides is 2. The summed E-state index contributed by atoms with van der Waals surface area (Å²) in [6, 6.07) is 20.6. The number of para-hydroxylation sites is 1. The van der Waals surface area contributed by atoms with Gasteiger partial charge in [-0.3, -0.25) is 19.7 Å². The fourth-order valence-corrected chi connectivity index (χ4v) is 5.47. The molecule has 0 radical (unpaired) electrons. The molecule has 1 N–H and O–H groups in total. The number of carbonyl (C=O) groups excluding carboxylic acids is 2. The van der Waals surface area contributed by atoms with Crippen LogP contribution >= 0.6 is 0 Å². The molecule has 3 aromatic carbocycles. The van der Waals surface area contributed by atoms with E-state index in [-0.39, 0.29) is 24.9 Å². The van der Waals surface area contributed by atoms with Gasteiger partial charge in [0.05, 0.1) is 95.8 Å². The number of fused-ring (bicyclic) bond motifs is 2. The Hall–Kier alpha value is -4.74. The van der Waals surface area contributed by atoms with Crippen molar-refractivity contribution in [3.05, 3.63) is 99.1 Å². The predicted molar refractivity (Wildman–Crippen MR) is 214 cm³/mol. The number of aryl methyl sites for hydroxylation is 1. The molecule has 0 aromatic heterocycles. The summed E-state index contributed by atoms with van der Waals surface area (Å²) in [5.74, 6) is 0.174. The van der Waals surface area contributed by atoms with Crippen LogP contribution in [0.1, 0.15) is 56.4 Å². The van der Waals surface area contributed by atoms with Gasteiger partial charge in [0.1, 0.15) is 13.6 Å². The molecule has 0 aliphatic carbocycles. The lowest BCUT2D eigenvalue weighted by molar-refractivity contribution is -0.868. The molecule has 0 spiro atoms. The topological polar surface area (TPSA) is 98.6 Å². The van der Waals surface area contributed by atoms with Gasteiger partial charge in [-0.15, -0.1) is 0 Å².